The van der Waals surface area contributed by atoms with E-state index in [0.717, 1.165) is 35.1 Å². The van der Waals surface area contributed by atoms with Gasteiger partial charge in [-0.25, -0.2) is 4.39 Å². The number of hydrogen-bond donors (Lipinski definition) is 2. The van der Waals surface area contributed by atoms with Crippen LogP contribution in [0.15, 0.2) is 46.9 Å². The van der Waals surface area contributed by atoms with Gasteiger partial charge in [0.25, 0.3) is 5.91 Å². The highest BCUT2D eigenvalue weighted by molar-refractivity contribution is 9.10. The summed E-state index contributed by atoms with van der Waals surface area (Å²) < 4.78 is 19.8. The molecule has 0 aromatic heterocycles. The third-order valence-corrected chi connectivity index (χ3v) is 8.39. The Balaban J connectivity index is 1.18. The highest BCUT2D eigenvalue weighted by Gasteiger charge is 2.50. The van der Waals surface area contributed by atoms with Crippen LogP contribution in [0.3, 0.4) is 0 Å². The van der Waals surface area contributed by atoms with E-state index in [2.05, 4.69) is 21.2 Å². The molecule has 0 spiro atoms. The molecule has 0 heterocycles. The summed E-state index contributed by atoms with van der Waals surface area (Å²) in [6.45, 7) is 0.158. The Morgan fingerprint density at radius 2 is 1.73 bits per heavy atom. The minimum Gasteiger partial charge on any atom is -0.490 e. The van der Waals surface area contributed by atoms with Crippen LogP contribution < -0.4 is 10.1 Å². The number of benzene rings is 2. The first-order valence-corrected chi connectivity index (χ1v) is 12.8. The lowest BCUT2D eigenvalue weighted by atomic mass is 9.48. The Morgan fingerprint density at radius 3 is 2.36 bits per heavy atom. The van der Waals surface area contributed by atoms with E-state index in [0.29, 0.717) is 22.4 Å². The monoisotopic (exact) mass is 515 g/mol. The number of carbonyl (C=O) groups excluding carboxylic acids is 1. The van der Waals surface area contributed by atoms with Crippen molar-refractivity contribution in [3.05, 3.63) is 58.3 Å². The molecule has 33 heavy (non-hydrogen) atoms. The van der Waals surface area contributed by atoms with Gasteiger partial charge < -0.3 is 15.2 Å². The maximum absolute atomic E-state index is 13.1. The fraction of sp³-hybridized carbons (Fsp3) is 0.519. The molecule has 0 saturated heterocycles. The van der Waals surface area contributed by atoms with Crippen molar-refractivity contribution in [2.24, 2.45) is 23.2 Å². The lowest BCUT2D eigenvalue weighted by Crippen LogP contribution is -2.46. The van der Waals surface area contributed by atoms with E-state index in [4.69, 9.17) is 4.74 Å². The predicted molar refractivity (Wildman–Crippen MR) is 130 cm³/mol. The second kappa shape index (κ2) is 9.38. The first-order chi connectivity index (χ1) is 15.9. The van der Waals surface area contributed by atoms with Gasteiger partial charge in [-0.05, 0) is 117 Å². The number of ether oxygens (including phenoxy) is 1. The molecule has 2 aromatic rings. The van der Waals surface area contributed by atoms with Crippen LogP contribution in [0.25, 0.3) is 0 Å². The van der Waals surface area contributed by atoms with E-state index >= 15 is 0 Å². The zero-order valence-electron chi connectivity index (χ0n) is 18.7. The van der Waals surface area contributed by atoms with Gasteiger partial charge in [-0.1, -0.05) is 15.9 Å². The lowest BCUT2D eigenvalue weighted by molar-refractivity contribution is -0.0642. The van der Waals surface area contributed by atoms with Crippen LogP contribution in [-0.4, -0.2) is 23.7 Å². The first-order valence-electron chi connectivity index (χ1n) is 12.0. The van der Waals surface area contributed by atoms with Crippen LogP contribution in [0.4, 0.5) is 10.1 Å². The van der Waals surface area contributed by atoms with E-state index < -0.39 is 6.10 Å². The lowest BCUT2D eigenvalue weighted by Gasteiger charge is -2.57. The fourth-order valence-electron chi connectivity index (χ4n) is 6.88. The number of halogens is 2. The van der Waals surface area contributed by atoms with Crippen LogP contribution in [0.1, 0.15) is 61.7 Å². The topological polar surface area (TPSA) is 58.6 Å². The fourth-order valence-corrected chi connectivity index (χ4v) is 7.24. The standard InChI is InChI=1S/C27H31BrFNO3/c28-20-1-6-25(24(12-20)26(32)30-22-4-2-21(29)3-5-22)33-16-23(31)7-8-27-13-17-9-18(14-27)11-19(10-17)15-27/h1-6,12,17-19,23,31H,7-11,13-16H2,(H,30,32). The van der Waals surface area contributed by atoms with Gasteiger partial charge in [0.1, 0.15) is 18.2 Å². The molecule has 4 aliphatic carbocycles. The summed E-state index contributed by atoms with van der Waals surface area (Å²) >= 11 is 3.41. The van der Waals surface area contributed by atoms with Gasteiger partial charge in [-0.2, -0.15) is 0 Å². The van der Waals surface area contributed by atoms with Crippen molar-refractivity contribution in [3.8, 4) is 5.75 Å². The quantitative estimate of drug-likeness (QED) is 0.417. The van der Waals surface area contributed by atoms with Crippen molar-refractivity contribution >= 4 is 27.5 Å². The normalized spacial score (nSPS) is 28.5. The van der Waals surface area contributed by atoms with Gasteiger partial charge in [-0.3, -0.25) is 4.79 Å². The van der Waals surface area contributed by atoms with E-state index in [1.807, 2.05) is 6.07 Å². The number of aliphatic hydroxyl groups excluding tert-OH is 1. The molecule has 0 radical (unpaired) electrons. The van der Waals surface area contributed by atoms with Crippen molar-refractivity contribution in [1.29, 1.82) is 0 Å². The molecular weight excluding hydrogens is 485 g/mol. The van der Waals surface area contributed by atoms with Gasteiger partial charge in [0.2, 0.25) is 0 Å². The minimum absolute atomic E-state index is 0.158. The maximum atomic E-state index is 13.1. The van der Waals surface area contributed by atoms with Crippen LogP contribution in [0, 0.1) is 29.0 Å². The molecule has 6 rings (SSSR count). The summed E-state index contributed by atoms with van der Waals surface area (Å²) in [5, 5.41) is 13.5. The summed E-state index contributed by atoms with van der Waals surface area (Å²) in [4.78, 5) is 12.8. The molecule has 4 aliphatic rings. The third-order valence-electron chi connectivity index (χ3n) is 7.89. The van der Waals surface area contributed by atoms with E-state index in [1.54, 1.807) is 12.1 Å². The number of hydrogen-bond acceptors (Lipinski definition) is 3. The molecule has 1 atom stereocenters. The molecule has 4 nitrogen and oxygen atoms in total. The van der Waals surface area contributed by atoms with Crippen LogP contribution in [0.5, 0.6) is 5.75 Å². The summed E-state index contributed by atoms with van der Waals surface area (Å²) in [6.07, 6.45) is 9.55. The molecule has 1 unspecified atom stereocenters. The Labute approximate surface area is 203 Å². The van der Waals surface area contributed by atoms with Gasteiger partial charge in [0.15, 0.2) is 0 Å². The predicted octanol–water partition coefficient (Wildman–Crippen LogP) is 6.58. The van der Waals surface area contributed by atoms with Crippen LogP contribution in [0.2, 0.25) is 0 Å². The van der Waals surface area contributed by atoms with Crippen molar-refractivity contribution in [2.45, 2.75) is 57.5 Å². The van der Waals surface area contributed by atoms with Gasteiger partial charge in [0, 0.05) is 10.2 Å². The number of amides is 1. The molecular formula is C27H31BrFNO3. The Kier molecular flexibility index (Phi) is 6.49. The SMILES string of the molecule is O=C(Nc1ccc(F)cc1)c1cc(Br)ccc1OCC(O)CCC12CC3CC(CC(C3)C1)C2. The summed E-state index contributed by atoms with van der Waals surface area (Å²) in [5.74, 6) is 2.45. The number of aliphatic hydroxyl groups is 1. The van der Waals surface area contributed by atoms with Crippen molar-refractivity contribution in [1.82, 2.24) is 0 Å². The number of nitrogens with one attached hydrogen (secondary N) is 1. The van der Waals surface area contributed by atoms with E-state index in [9.17, 15) is 14.3 Å². The zero-order chi connectivity index (χ0) is 23.0. The highest BCUT2D eigenvalue weighted by Crippen LogP contribution is 2.61. The molecule has 4 saturated carbocycles. The van der Waals surface area contributed by atoms with Crippen molar-refractivity contribution < 1.29 is 19.0 Å². The van der Waals surface area contributed by atoms with Gasteiger partial charge in [-0.15, -0.1) is 0 Å². The Bertz CT molecular complexity index is 974. The molecule has 1 amide bonds. The smallest absolute Gasteiger partial charge is 0.259 e. The van der Waals surface area contributed by atoms with E-state index in [1.165, 1.54) is 62.8 Å². The van der Waals surface area contributed by atoms with Crippen molar-refractivity contribution in [3.63, 3.8) is 0 Å². The number of anilines is 1. The second-order valence-electron chi connectivity index (χ2n) is 10.5. The van der Waals surface area contributed by atoms with Gasteiger partial charge in [0.05, 0.1) is 11.7 Å². The summed E-state index contributed by atoms with van der Waals surface area (Å²) in [5.41, 5.74) is 1.30. The van der Waals surface area contributed by atoms with Crippen LogP contribution in [-0.2, 0) is 0 Å². The maximum Gasteiger partial charge on any atom is 0.259 e. The average Bonchev–Trinajstić information content (AvgIpc) is 2.77. The first kappa shape index (κ1) is 22.9. The number of rotatable bonds is 8. The Hall–Kier alpha value is -1.92. The van der Waals surface area contributed by atoms with Crippen LogP contribution >= 0.6 is 15.9 Å². The molecule has 2 N–H and O–H groups in total. The minimum atomic E-state index is -0.560. The molecule has 6 heteroatoms. The third kappa shape index (κ3) is 5.27. The second-order valence-corrected chi connectivity index (χ2v) is 11.4. The zero-order valence-corrected chi connectivity index (χ0v) is 20.3. The molecule has 4 fully saturated rings. The summed E-state index contributed by atoms with van der Waals surface area (Å²) in [7, 11) is 0. The highest BCUT2D eigenvalue weighted by atomic mass is 79.9. The molecule has 4 bridgehead atoms. The largest absolute Gasteiger partial charge is 0.490 e. The van der Waals surface area contributed by atoms with Gasteiger partial charge >= 0.3 is 0 Å². The van der Waals surface area contributed by atoms with Crippen molar-refractivity contribution in [2.75, 3.05) is 11.9 Å². The molecule has 0 aliphatic heterocycles. The molecule has 176 valence electrons. The Morgan fingerprint density at radius 1 is 1.09 bits per heavy atom. The molecule has 2 aromatic carbocycles. The van der Waals surface area contributed by atoms with E-state index in [-0.39, 0.29) is 18.3 Å². The average molecular weight is 516 g/mol. The summed E-state index contributed by atoms with van der Waals surface area (Å²) in [6, 6.07) is 10.9. The number of carbonyl (C=O) groups is 1.